The smallest absolute Gasteiger partial charge is 0.187 e. The molecule has 1 N–H and O–H groups in total. The Balaban J connectivity index is 2.00. The first-order valence-corrected chi connectivity index (χ1v) is 4.53. The predicted molar refractivity (Wildman–Crippen MR) is 47.3 cm³/mol. The van der Waals surface area contributed by atoms with Crippen LogP contribution in [0, 0.1) is 0 Å². The molecule has 0 unspecified atom stereocenters. The van der Waals surface area contributed by atoms with Crippen LogP contribution in [0.15, 0.2) is 16.6 Å². The second-order valence-corrected chi connectivity index (χ2v) is 3.29. The molecule has 0 aliphatic carbocycles. The number of anilines is 1. The molecule has 0 fully saturated rings. The van der Waals surface area contributed by atoms with E-state index in [9.17, 15) is 0 Å². The first kappa shape index (κ1) is 6.79. The molecule has 1 aliphatic heterocycles. The summed E-state index contributed by atoms with van der Waals surface area (Å²) >= 11 is 1.61. The lowest BCUT2D eigenvalue weighted by Crippen LogP contribution is -2.07. The van der Waals surface area contributed by atoms with Gasteiger partial charge in [-0.05, 0) is 6.42 Å². The van der Waals surface area contributed by atoms with Crippen molar-refractivity contribution >= 4 is 22.3 Å². The van der Waals surface area contributed by atoms with E-state index in [0.29, 0.717) is 0 Å². The molecule has 0 aromatic carbocycles. The molecular formula is C7H9N3S. The Morgan fingerprint density at radius 1 is 1.55 bits per heavy atom. The summed E-state index contributed by atoms with van der Waals surface area (Å²) in [5.41, 5.74) is 0. The molecule has 4 heteroatoms. The molecule has 3 nitrogen and oxygen atoms in total. The summed E-state index contributed by atoms with van der Waals surface area (Å²) < 4.78 is 0. The van der Waals surface area contributed by atoms with Crippen molar-refractivity contribution in [2.75, 3.05) is 11.9 Å². The second-order valence-electron chi connectivity index (χ2n) is 2.39. The van der Waals surface area contributed by atoms with Gasteiger partial charge in [0.2, 0.25) is 0 Å². The molecule has 0 atom stereocenters. The number of hydrogen-bond donors (Lipinski definition) is 1. The zero-order chi connectivity index (χ0) is 7.52. The van der Waals surface area contributed by atoms with Crippen LogP contribution < -0.4 is 5.32 Å². The van der Waals surface area contributed by atoms with Gasteiger partial charge < -0.3 is 5.32 Å². The molecule has 58 valence electrons. The molecule has 0 saturated carbocycles. The Hall–Kier alpha value is -0.900. The van der Waals surface area contributed by atoms with Crippen LogP contribution >= 0.6 is 11.3 Å². The third-order valence-corrected chi connectivity index (χ3v) is 2.25. The van der Waals surface area contributed by atoms with Crippen molar-refractivity contribution in [3.8, 4) is 0 Å². The maximum Gasteiger partial charge on any atom is 0.187 e. The number of thiazole rings is 1. The molecule has 1 aliphatic rings. The summed E-state index contributed by atoms with van der Waals surface area (Å²) in [6.07, 6.45) is 4.04. The highest BCUT2D eigenvalue weighted by atomic mass is 32.1. The van der Waals surface area contributed by atoms with Gasteiger partial charge in [-0.25, -0.2) is 4.98 Å². The number of hydrogen-bond acceptors (Lipinski definition) is 4. The molecule has 1 aromatic rings. The van der Waals surface area contributed by atoms with Gasteiger partial charge in [-0.2, -0.15) is 0 Å². The van der Waals surface area contributed by atoms with E-state index in [1.807, 2.05) is 5.38 Å². The first-order valence-electron chi connectivity index (χ1n) is 3.65. The maximum absolute atomic E-state index is 4.28. The summed E-state index contributed by atoms with van der Waals surface area (Å²) in [5, 5.41) is 6.08. The van der Waals surface area contributed by atoms with Crippen LogP contribution in [-0.4, -0.2) is 17.4 Å². The zero-order valence-corrected chi connectivity index (χ0v) is 6.90. The number of amidine groups is 1. The monoisotopic (exact) mass is 167 g/mol. The molecule has 1 aromatic heterocycles. The lowest BCUT2D eigenvalue weighted by atomic mass is 10.3. The SMILES string of the molecule is c1csc(NC2=NCCC2)n1. The van der Waals surface area contributed by atoms with E-state index in [1.165, 1.54) is 6.42 Å². The first-order chi connectivity index (χ1) is 5.45. The van der Waals surface area contributed by atoms with Crippen molar-refractivity contribution in [1.82, 2.24) is 4.98 Å². The molecule has 0 saturated heterocycles. The number of aliphatic imine (C=N–C) groups is 1. The van der Waals surface area contributed by atoms with Crippen LogP contribution in [0.2, 0.25) is 0 Å². The van der Waals surface area contributed by atoms with E-state index in [1.54, 1.807) is 17.5 Å². The number of nitrogens with one attached hydrogen (secondary N) is 1. The quantitative estimate of drug-likeness (QED) is 0.691. The largest absolute Gasteiger partial charge is 0.320 e. The fourth-order valence-electron chi connectivity index (χ4n) is 1.05. The second kappa shape index (κ2) is 3.00. The molecule has 11 heavy (non-hydrogen) atoms. The van der Waals surface area contributed by atoms with Crippen LogP contribution in [0.4, 0.5) is 5.13 Å². The van der Waals surface area contributed by atoms with Gasteiger partial charge >= 0.3 is 0 Å². The van der Waals surface area contributed by atoms with Crippen molar-refractivity contribution in [1.29, 1.82) is 0 Å². The van der Waals surface area contributed by atoms with Crippen LogP contribution in [0.3, 0.4) is 0 Å². The van der Waals surface area contributed by atoms with Crippen molar-refractivity contribution in [3.63, 3.8) is 0 Å². The van der Waals surface area contributed by atoms with Crippen LogP contribution in [0.5, 0.6) is 0 Å². The lowest BCUT2D eigenvalue weighted by molar-refractivity contribution is 0.951. The van der Waals surface area contributed by atoms with Crippen molar-refractivity contribution in [2.24, 2.45) is 4.99 Å². The predicted octanol–water partition coefficient (Wildman–Crippen LogP) is 1.75. The highest BCUT2D eigenvalue weighted by molar-refractivity contribution is 7.13. The Kier molecular flexibility index (Phi) is 1.85. The van der Waals surface area contributed by atoms with Gasteiger partial charge in [-0.1, -0.05) is 0 Å². The minimum Gasteiger partial charge on any atom is -0.320 e. The summed E-state index contributed by atoms with van der Waals surface area (Å²) in [5.74, 6) is 1.08. The van der Waals surface area contributed by atoms with E-state index < -0.39 is 0 Å². The topological polar surface area (TPSA) is 37.3 Å². The third kappa shape index (κ3) is 1.57. The van der Waals surface area contributed by atoms with Gasteiger partial charge in [0.1, 0.15) is 5.84 Å². The highest BCUT2D eigenvalue weighted by Crippen LogP contribution is 2.13. The standard InChI is InChI=1S/C7H9N3S/c1-2-6(8-3-1)10-7-9-4-5-11-7/h4-5H,1-3H2,(H,8,9,10). The van der Waals surface area contributed by atoms with Gasteiger partial charge in [-0.15, -0.1) is 11.3 Å². The van der Waals surface area contributed by atoms with Gasteiger partial charge in [0.25, 0.3) is 0 Å². The Morgan fingerprint density at radius 3 is 3.18 bits per heavy atom. The van der Waals surface area contributed by atoms with Gasteiger partial charge in [0.15, 0.2) is 5.13 Å². The normalized spacial score (nSPS) is 16.5. The van der Waals surface area contributed by atoms with Crippen molar-refractivity contribution in [2.45, 2.75) is 12.8 Å². The fourth-order valence-corrected chi connectivity index (χ4v) is 1.60. The van der Waals surface area contributed by atoms with E-state index in [0.717, 1.165) is 23.9 Å². The highest BCUT2D eigenvalue weighted by Gasteiger charge is 2.06. The summed E-state index contributed by atoms with van der Waals surface area (Å²) in [4.78, 5) is 8.39. The van der Waals surface area contributed by atoms with Crippen LogP contribution in [0.25, 0.3) is 0 Å². The van der Waals surface area contributed by atoms with Gasteiger partial charge in [-0.3, -0.25) is 4.99 Å². The number of nitrogens with zero attached hydrogens (tertiary/aromatic N) is 2. The fraction of sp³-hybridized carbons (Fsp3) is 0.429. The molecule has 0 bridgehead atoms. The maximum atomic E-state index is 4.28. The lowest BCUT2D eigenvalue weighted by Gasteiger charge is -1.98. The Morgan fingerprint density at radius 2 is 2.55 bits per heavy atom. The van der Waals surface area contributed by atoms with Crippen LogP contribution in [-0.2, 0) is 0 Å². The number of rotatable bonds is 1. The molecule has 2 heterocycles. The van der Waals surface area contributed by atoms with Crippen molar-refractivity contribution in [3.05, 3.63) is 11.6 Å². The number of aromatic nitrogens is 1. The van der Waals surface area contributed by atoms with E-state index in [4.69, 9.17) is 0 Å². The third-order valence-electron chi connectivity index (χ3n) is 1.56. The molecule has 2 rings (SSSR count). The molecule has 0 spiro atoms. The summed E-state index contributed by atoms with van der Waals surface area (Å²) in [6, 6.07) is 0. The summed E-state index contributed by atoms with van der Waals surface area (Å²) in [6.45, 7) is 0.966. The zero-order valence-electron chi connectivity index (χ0n) is 6.08. The Bertz CT molecular complexity index is 253. The van der Waals surface area contributed by atoms with Gasteiger partial charge in [0.05, 0.1) is 0 Å². The van der Waals surface area contributed by atoms with E-state index in [2.05, 4.69) is 15.3 Å². The average molecular weight is 167 g/mol. The summed E-state index contributed by atoms with van der Waals surface area (Å²) in [7, 11) is 0. The van der Waals surface area contributed by atoms with E-state index in [-0.39, 0.29) is 0 Å². The molecular weight excluding hydrogens is 158 g/mol. The molecule has 0 radical (unpaired) electrons. The van der Waals surface area contributed by atoms with Crippen molar-refractivity contribution < 1.29 is 0 Å². The molecule has 0 amide bonds. The minimum atomic E-state index is 0.950. The Labute approximate surface area is 69.2 Å². The van der Waals surface area contributed by atoms with Crippen LogP contribution in [0.1, 0.15) is 12.8 Å². The van der Waals surface area contributed by atoms with Gasteiger partial charge in [0, 0.05) is 24.5 Å². The van der Waals surface area contributed by atoms with E-state index >= 15 is 0 Å². The minimum absolute atomic E-state index is 0.950. The average Bonchev–Trinajstić information content (AvgIpc) is 2.60.